The van der Waals surface area contributed by atoms with Crippen LogP contribution in [0.25, 0.3) is 0 Å². The summed E-state index contributed by atoms with van der Waals surface area (Å²) in [6, 6.07) is 10.2. The van der Waals surface area contributed by atoms with Gasteiger partial charge in [-0.1, -0.05) is 30.4 Å². The predicted octanol–water partition coefficient (Wildman–Crippen LogP) is 1.98. The molecule has 1 aliphatic rings. The number of aliphatic hydroxyl groups excluding tert-OH is 1. The van der Waals surface area contributed by atoms with Gasteiger partial charge in [0.25, 0.3) is 0 Å². The van der Waals surface area contributed by atoms with E-state index in [1.807, 2.05) is 30.3 Å². The minimum atomic E-state index is 0.171. The van der Waals surface area contributed by atoms with Gasteiger partial charge in [0.1, 0.15) is 0 Å². The van der Waals surface area contributed by atoms with Gasteiger partial charge in [-0.2, -0.15) is 0 Å². The van der Waals surface area contributed by atoms with Crippen molar-refractivity contribution in [3.63, 3.8) is 0 Å². The topological polar surface area (TPSA) is 23.5 Å². The number of thiocarbonyl (C=S) groups is 1. The van der Waals surface area contributed by atoms with Crippen LogP contribution in [0.2, 0.25) is 0 Å². The van der Waals surface area contributed by atoms with Crippen LogP contribution in [0, 0.1) is 0 Å². The van der Waals surface area contributed by atoms with Crippen molar-refractivity contribution in [2.45, 2.75) is 18.9 Å². The Labute approximate surface area is 89.2 Å². The van der Waals surface area contributed by atoms with Crippen LogP contribution < -0.4 is 4.90 Å². The highest BCUT2D eigenvalue weighted by Crippen LogP contribution is 2.26. The van der Waals surface area contributed by atoms with Crippen molar-refractivity contribution in [2.24, 2.45) is 0 Å². The lowest BCUT2D eigenvalue weighted by molar-refractivity contribution is 0.268. The van der Waals surface area contributed by atoms with Gasteiger partial charge in [0.2, 0.25) is 0 Å². The van der Waals surface area contributed by atoms with E-state index in [0.29, 0.717) is 0 Å². The number of nitrogens with zero attached hydrogens (tertiary/aromatic N) is 1. The molecule has 1 atom stereocenters. The Kier molecular flexibility index (Phi) is 2.79. The van der Waals surface area contributed by atoms with Crippen LogP contribution in [0.3, 0.4) is 0 Å². The van der Waals surface area contributed by atoms with Gasteiger partial charge in [0.05, 0.1) is 17.6 Å². The summed E-state index contributed by atoms with van der Waals surface area (Å²) in [4.78, 5) is 3.00. The second-order valence-corrected chi connectivity index (χ2v) is 3.95. The van der Waals surface area contributed by atoms with Gasteiger partial charge < -0.3 is 10.0 Å². The maximum absolute atomic E-state index is 9.21. The number of hydrogen-bond acceptors (Lipinski definition) is 2. The molecule has 0 amide bonds. The molecule has 1 unspecified atom stereocenters. The highest BCUT2D eigenvalue weighted by Gasteiger charge is 2.28. The molecule has 1 aromatic rings. The third-order valence-electron chi connectivity index (χ3n) is 2.57. The third kappa shape index (κ3) is 1.65. The summed E-state index contributed by atoms with van der Waals surface area (Å²) in [6.45, 7) is 0.176. The maximum Gasteiger partial charge on any atom is 0.0827 e. The Bertz CT molecular complexity index is 325. The molecule has 1 aliphatic heterocycles. The van der Waals surface area contributed by atoms with Crippen molar-refractivity contribution in [1.29, 1.82) is 0 Å². The monoisotopic (exact) mass is 207 g/mol. The lowest BCUT2D eigenvalue weighted by Crippen LogP contribution is -2.34. The fraction of sp³-hybridized carbons (Fsp3) is 0.364. The van der Waals surface area contributed by atoms with Crippen molar-refractivity contribution in [1.82, 2.24) is 0 Å². The largest absolute Gasteiger partial charge is 0.394 e. The molecule has 1 heterocycles. The Morgan fingerprint density at radius 1 is 1.36 bits per heavy atom. The van der Waals surface area contributed by atoms with E-state index >= 15 is 0 Å². The first-order valence-corrected chi connectivity index (χ1v) is 5.21. The Morgan fingerprint density at radius 2 is 2.07 bits per heavy atom. The standard InChI is InChI=1S/C11H13NOS/c13-8-10-6-7-11(14)12(10)9-4-2-1-3-5-9/h1-5,10,13H,6-8H2. The first kappa shape index (κ1) is 9.62. The quantitative estimate of drug-likeness (QED) is 0.750. The molecule has 3 heteroatoms. The van der Waals surface area contributed by atoms with E-state index in [2.05, 4.69) is 4.90 Å². The molecule has 1 aromatic carbocycles. The van der Waals surface area contributed by atoms with Crippen LogP contribution >= 0.6 is 12.2 Å². The van der Waals surface area contributed by atoms with Crippen LogP contribution in [0.1, 0.15) is 12.8 Å². The number of benzene rings is 1. The van der Waals surface area contributed by atoms with Crippen LogP contribution in [0.4, 0.5) is 5.69 Å². The SMILES string of the molecule is OCC1CCC(=S)N1c1ccccc1. The summed E-state index contributed by atoms with van der Waals surface area (Å²) >= 11 is 5.28. The van der Waals surface area contributed by atoms with Gasteiger partial charge in [0, 0.05) is 12.1 Å². The van der Waals surface area contributed by atoms with Gasteiger partial charge >= 0.3 is 0 Å². The molecule has 0 spiro atoms. The van der Waals surface area contributed by atoms with Crippen molar-refractivity contribution in [2.75, 3.05) is 11.5 Å². The van der Waals surface area contributed by atoms with Gasteiger partial charge in [-0.05, 0) is 18.6 Å². The van der Waals surface area contributed by atoms with Crippen molar-refractivity contribution < 1.29 is 5.11 Å². The molecule has 14 heavy (non-hydrogen) atoms. The fourth-order valence-corrected chi connectivity index (χ4v) is 2.23. The van der Waals surface area contributed by atoms with Crippen LogP contribution in [0.5, 0.6) is 0 Å². The van der Waals surface area contributed by atoms with E-state index in [1.54, 1.807) is 0 Å². The zero-order valence-corrected chi connectivity index (χ0v) is 8.70. The van der Waals surface area contributed by atoms with Gasteiger partial charge in [-0.15, -0.1) is 0 Å². The number of aliphatic hydroxyl groups is 1. The van der Waals surface area contributed by atoms with Crippen LogP contribution in [0.15, 0.2) is 30.3 Å². The van der Waals surface area contributed by atoms with Crippen molar-refractivity contribution >= 4 is 22.9 Å². The Morgan fingerprint density at radius 3 is 2.71 bits per heavy atom. The zero-order chi connectivity index (χ0) is 9.97. The minimum Gasteiger partial charge on any atom is -0.394 e. The molecule has 0 saturated carbocycles. The summed E-state index contributed by atoms with van der Waals surface area (Å²) in [5.74, 6) is 0. The molecule has 0 aliphatic carbocycles. The lowest BCUT2D eigenvalue weighted by atomic mass is 10.2. The predicted molar refractivity (Wildman–Crippen MR) is 61.6 cm³/mol. The van der Waals surface area contributed by atoms with E-state index in [1.165, 1.54) is 0 Å². The summed E-state index contributed by atoms with van der Waals surface area (Å²) in [5.41, 5.74) is 1.09. The van der Waals surface area contributed by atoms with Gasteiger partial charge in [-0.25, -0.2) is 0 Å². The summed E-state index contributed by atoms with van der Waals surface area (Å²) in [7, 11) is 0. The maximum atomic E-state index is 9.21. The van der Waals surface area contributed by atoms with Crippen LogP contribution in [-0.2, 0) is 0 Å². The highest BCUT2D eigenvalue weighted by molar-refractivity contribution is 7.80. The normalized spacial score (nSPS) is 21.6. The third-order valence-corrected chi connectivity index (χ3v) is 2.97. The molecule has 2 rings (SSSR count). The van der Waals surface area contributed by atoms with Gasteiger partial charge in [-0.3, -0.25) is 0 Å². The number of anilines is 1. The van der Waals surface area contributed by atoms with Crippen LogP contribution in [-0.4, -0.2) is 22.7 Å². The molecule has 0 aromatic heterocycles. The summed E-state index contributed by atoms with van der Waals surface area (Å²) in [5, 5.41) is 9.21. The summed E-state index contributed by atoms with van der Waals surface area (Å²) in [6.07, 6.45) is 1.87. The molecule has 0 radical (unpaired) electrons. The second-order valence-electron chi connectivity index (χ2n) is 3.47. The lowest BCUT2D eigenvalue weighted by Gasteiger charge is -2.24. The fourth-order valence-electron chi connectivity index (χ4n) is 1.86. The highest BCUT2D eigenvalue weighted by atomic mass is 32.1. The average Bonchev–Trinajstić information content (AvgIpc) is 2.61. The minimum absolute atomic E-state index is 0.171. The number of para-hydroxylation sites is 1. The Balaban J connectivity index is 2.28. The summed E-state index contributed by atoms with van der Waals surface area (Å²) < 4.78 is 0. The molecule has 0 bridgehead atoms. The van der Waals surface area contributed by atoms with Crippen molar-refractivity contribution in [3.8, 4) is 0 Å². The number of rotatable bonds is 2. The molecule has 1 fully saturated rings. The number of hydrogen-bond donors (Lipinski definition) is 1. The van der Waals surface area contributed by atoms with Crippen molar-refractivity contribution in [3.05, 3.63) is 30.3 Å². The molecule has 74 valence electrons. The molecule has 1 saturated heterocycles. The van der Waals surface area contributed by atoms with E-state index in [9.17, 15) is 5.11 Å². The molecule has 2 nitrogen and oxygen atoms in total. The smallest absolute Gasteiger partial charge is 0.0827 e. The first-order chi connectivity index (χ1) is 6.83. The second kappa shape index (κ2) is 4.07. The Hall–Kier alpha value is -0.930. The first-order valence-electron chi connectivity index (χ1n) is 4.81. The van der Waals surface area contributed by atoms with Gasteiger partial charge in [0.15, 0.2) is 0 Å². The van der Waals surface area contributed by atoms with E-state index in [-0.39, 0.29) is 12.6 Å². The molecular weight excluding hydrogens is 194 g/mol. The van der Waals surface area contributed by atoms with E-state index in [0.717, 1.165) is 23.5 Å². The van der Waals surface area contributed by atoms with E-state index in [4.69, 9.17) is 12.2 Å². The van der Waals surface area contributed by atoms with E-state index < -0.39 is 0 Å². The molecule has 1 N–H and O–H groups in total. The molecular formula is C11H13NOS. The zero-order valence-electron chi connectivity index (χ0n) is 7.89. The average molecular weight is 207 g/mol.